The zero-order valence-corrected chi connectivity index (χ0v) is 6.66. The Labute approximate surface area is 69.4 Å². The van der Waals surface area contributed by atoms with Crippen LogP contribution in [0.2, 0.25) is 0 Å². The number of rotatable bonds is 0. The van der Waals surface area contributed by atoms with Gasteiger partial charge in [-0.15, -0.1) is 12.4 Å². The SMILES string of the molecule is Cl.O=c1[nH]oc2c1CNCC2. The topological polar surface area (TPSA) is 58.0 Å². The van der Waals surface area contributed by atoms with E-state index in [9.17, 15) is 4.79 Å². The van der Waals surface area contributed by atoms with E-state index in [0.717, 1.165) is 24.3 Å². The van der Waals surface area contributed by atoms with Crippen LogP contribution < -0.4 is 10.9 Å². The van der Waals surface area contributed by atoms with E-state index in [1.807, 2.05) is 0 Å². The number of hydrogen-bond acceptors (Lipinski definition) is 3. The Balaban J connectivity index is 0.000000605. The van der Waals surface area contributed by atoms with Crippen molar-refractivity contribution >= 4 is 12.4 Å². The smallest absolute Gasteiger partial charge is 0.284 e. The Hall–Kier alpha value is -0.740. The zero-order chi connectivity index (χ0) is 6.97. The monoisotopic (exact) mass is 176 g/mol. The van der Waals surface area contributed by atoms with Crippen LogP contribution in [0.5, 0.6) is 0 Å². The molecule has 2 rings (SSSR count). The van der Waals surface area contributed by atoms with Gasteiger partial charge in [0.2, 0.25) is 0 Å². The van der Waals surface area contributed by atoms with E-state index in [4.69, 9.17) is 4.52 Å². The van der Waals surface area contributed by atoms with E-state index in [-0.39, 0.29) is 18.0 Å². The van der Waals surface area contributed by atoms with Crippen molar-refractivity contribution in [3.05, 3.63) is 21.7 Å². The number of halogens is 1. The van der Waals surface area contributed by atoms with Gasteiger partial charge < -0.3 is 9.84 Å². The first-order chi connectivity index (χ1) is 4.88. The van der Waals surface area contributed by atoms with Gasteiger partial charge in [0, 0.05) is 19.5 Å². The third-order valence-electron chi connectivity index (χ3n) is 1.71. The van der Waals surface area contributed by atoms with Crippen LogP contribution in [0.4, 0.5) is 0 Å². The first-order valence-electron chi connectivity index (χ1n) is 3.28. The van der Waals surface area contributed by atoms with Crippen LogP contribution in [-0.2, 0) is 13.0 Å². The molecule has 4 nitrogen and oxygen atoms in total. The Morgan fingerprint density at radius 2 is 2.27 bits per heavy atom. The normalized spacial score (nSPS) is 15.3. The molecule has 2 N–H and O–H groups in total. The Kier molecular flexibility index (Phi) is 2.36. The molecule has 5 heteroatoms. The Morgan fingerprint density at radius 1 is 1.45 bits per heavy atom. The van der Waals surface area contributed by atoms with Gasteiger partial charge in [-0.2, -0.15) is 5.16 Å². The molecule has 62 valence electrons. The summed E-state index contributed by atoms with van der Waals surface area (Å²) in [6, 6.07) is 0. The lowest BCUT2D eigenvalue weighted by Gasteiger charge is -2.07. The van der Waals surface area contributed by atoms with Gasteiger partial charge in [-0.25, -0.2) is 0 Å². The zero-order valence-electron chi connectivity index (χ0n) is 5.85. The molecule has 0 saturated heterocycles. The van der Waals surface area contributed by atoms with Crippen LogP contribution in [0.3, 0.4) is 0 Å². The van der Waals surface area contributed by atoms with Gasteiger partial charge in [-0.1, -0.05) is 0 Å². The lowest BCUT2D eigenvalue weighted by molar-refractivity contribution is 0.369. The lowest BCUT2D eigenvalue weighted by Crippen LogP contribution is -2.26. The van der Waals surface area contributed by atoms with Crippen molar-refractivity contribution in [3.63, 3.8) is 0 Å². The number of H-pyrrole nitrogens is 1. The number of hydrogen-bond donors (Lipinski definition) is 2. The first kappa shape index (κ1) is 8.36. The molecule has 11 heavy (non-hydrogen) atoms. The highest BCUT2D eigenvalue weighted by atomic mass is 35.5. The average molecular weight is 177 g/mol. The van der Waals surface area contributed by atoms with Crippen molar-refractivity contribution in [1.82, 2.24) is 10.5 Å². The molecular weight excluding hydrogens is 168 g/mol. The van der Waals surface area contributed by atoms with Crippen LogP contribution in [0, 0.1) is 0 Å². The predicted octanol–water partition coefficient (Wildman–Crippen LogP) is 0.0354. The van der Waals surface area contributed by atoms with Crippen LogP contribution in [0.15, 0.2) is 9.32 Å². The maximum Gasteiger partial charge on any atom is 0.284 e. The van der Waals surface area contributed by atoms with Gasteiger partial charge in [0.1, 0.15) is 5.76 Å². The van der Waals surface area contributed by atoms with Gasteiger partial charge in [0.05, 0.1) is 5.56 Å². The van der Waals surface area contributed by atoms with E-state index in [0.29, 0.717) is 6.54 Å². The fourth-order valence-electron chi connectivity index (χ4n) is 1.15. The summed E-state index contributed by atoms with van der Waals surface area (Å²) in [5.74, 6) is 0.809. The second-order valence-electron chi connectivity index (χ2n) is 2.36. The Morgan fingerprint density at radius 3 is 3.00 bits per heavy atom. The van der Waals surface area contributed by atoms with Gasteiger partial charge in [0.15, 0.2) is 0 Å². The fourth-order valence-corrected chi connectivity index (χ4v) is 1.15. The summed E-state index contributed by atoms with van der Waals surface area (Å²) in [6.07, 6.45) is 0.814. The van der Waals surface area contributed by atoms with Crippen LogP contribution in [-0.4, -0.2) is 11.7 Å². The maximum absolute atomic E-state index is 10.9. The maximum atomic E-state index is 10.9. The summed E-state index contributed by atoms with van der Waals surface area (Å²) in [4.78, 5) is 10.9. The van der Waals surface area contributed by atoms with E-state index < -0.39 is 0 Å². The van der Waals surface area contributed by atoms with Crippen molar-refractivity contribution in [2.75, 3.05) is 6.54 Å². The highest BCUT2D eigenvalue weighted by Gasteiger charge is 2.15. The third-order valence-corrected chi connectivity index (χ3v) is 1.71. The number of nitrogens with one attached hydrogen (secondary N) is 2. The molecule has 0 fully saturated rings. The molecular formula is C6H9ClN2O2. The van der Waals surface area contributed by atoms with Crippen molar-refractivity contribution in [1.29, 1.82) is 0 Å². The van der Waals surface area contributed by atoms with Gasteiger partial charge >= 0.3 is 0 Å². The largest absolute Gasteiger partial charge is 0.383 e. The van der Waals surface area contributed by atoms with Crippen molar-refractivity contribution in [2.24, 2.45) is 0 Å². The standard InChI is InChI=1S/C6H8N2O2.ClH/c9-6-4-3-7-2-1-5(4)10-8-6;/h7H,1-3H2,(H,8,9);1H. The van der Waals surface area contributed by atoms with Gasteiger partial charge in [0.25, 0.3) is 5.56 Å². The highest BCUT2D eigenvalue weighted by molar-refractivity contribution is 5.85. The highest BCUT2D eigenvalue weighted by Crippen LogP contribution is 2.06. The van der Waals surface area contributed by atoms with Crippen molar-refractivity contribution in [3.8, 4) is 0 Å². The first-order valence-corrected chi connectivity index (χ1v) is 3.28. The molecule has 1 aromatic rings. The molecule has 2 heterocycles. The van der Waals surface area contributed by atoms with E-state index in [1.165, 1.54) is 0 Å². The summed E-state index contributed by atoms with van der Waals surface area (Å²) >= 11 is 0. The molecule has 0 amide bonds. The molecule has 0 spiro atoms. The van der Waals surface area contributed by atoms with E-state index in [1.54, 1.807) is 0 Å². The molecule has 0 radical (unpaired) electrons. The van der Waals surface area contributed by atoms with Crippen LogP contribution in [0.1, 0.15) is 11.3 Å². The molecule has 0 saturated carbocycles. The predicted molar refractivity (Wildman–Crippen MR) is 42.0 cm³/mol. The second-order valence-corrected chi connectivity index (χ2v) is 2.36. The number of aromatic nitrogens is 1. The van der Waals surface area contributed by atoms with E-state index in [2.05, 4.69) is 10.5 Å². The van der Waals surface area contributed by atoms with Crippen molar-refractivity contribution < 1.29 is 4.52 Å². The van der Waals surface area contributed by atoms with Gasteiger partial charge in [-0.3, -0.25) is 4.79 Å². The Bertz CT molecular complexity index is 291. The van der Waals surface area contributed by atoms with Gasteiger partial charge in [-0.05, 0) is 0 Å². The number of aromatic amines is 1. The molecule has 0 bridgehead atoms. The summed E-state index contributed by atoms with van der Waals surface area (Å²) in [5.41, 5.74) is 0.661. The molecule has 1 aromatic heterocycles. The summed E-state index contributed by atoms with van der Waals surface area (Å²) < 4.78 is 4.91. The third kappa shape index (κ3) is 1.32. The van der Waals surface area contributed by atoms with E-state index >= 15 is 0 Å². The molecule has 0 unspecified atom stereocenters. The lowest BCUT2D eigenvalue weighted by atomic mass is 10.1. The van der Waals surface area contributed by atoms with Crippen LogP contribution >= 0.6 is 12.4 Å². The molecule has 1 aliphatic heterocycles. The number of fused-ring (bicyclic) bond motifs is 1. The summed E-state index contributed by atoms with van der Waals surface area (Å²) in [5, 5.41) is 5.40. The quantitative estimate of drug-likeness (QED) is 0.587. The molecule has 0 atom stereocenters. The molecule has 1 aliphatic rings. The minimum absolute atomic E-state index is 0. The van der Waals surface area contributed by atoms with Crippen LogP contribution in [0.25, 0.3) is 0 Å². The molecule has 0 aromatic carbocycles. The minimum atomic E-state index is -0.0952. The fraction of sp³-hybridized carbons (Fsp3) is 0.500. The minimum Gasteiger partial charge on any atom is -0.383 e. The average Bonchev–Trinajstić information content (AvgIpc) is 2.34. The summed E-state index contributed by atoms with van der Waals surface area (Å²) in [7, 11) is 0. The molecule has 0 aliphatic carbocycles. The second kappa shape index (κ2) is 3.11. The summed E-state index contributed by atoms with van der Waals surface area (Å²) in [6.45, 7) is 1.54. The van der Waals surface area contributed by atoms with Crippen molar-refractivity contribution in [2.45, 2.75) is 13.0 Å².